The predicted molar refractivity (Wildman–Crippen MR) is 173 cm³/mol. The van der Waals surface area contributed by atoms with Gasteiger partial charge in [-0.2, -0.15) is 26.3 Å². The summed E-state index contributed by atoms with van der Waals surface area (Å²) in [5, 5.41) is 12.0. The maximum atomic E-state index is 16.4. The van der Waals surface area contributed by atoms with Crippen LogP contribution < -0.4 is 10.9 Å². The van der Waals surface area contributed by atoms with Crippen LogP contribution in [0.1, 0.15) is 85.0 Å². The average Bonchev–Trinajstić information content (AvgIpc) is 2.96. The zero-order chi connectivity index (χ0) is 38.0. The summed E-state index contributed by atoms with van der Waals surface area (Å²) < 4.78 is 116. The maximum Gasteiger partial charge on any atom is 0.416 e. The summed E-state index contributed by atoms with van der Waals surface area (Å²) in [5.74, 6) is -5.11. The highest BCUT2D eigenvalue weighted by Gasteiger charge is 2.38. The van der Waals surface area contributed by atoms with Crippen LogP contribution in [-0.4, -0.2) is 46.1 Å². The van der Waals surface area contributed by atoms with Crippen LogP contribution in [0, 0.1) is 31.4 Å². The molecule has 2 N–H and O–H groups in total. The molecule has 1 aliphatic heterocycles. The molecule has 7 nitrogen and oxygen atoms in total. The van der Waals surface area contributed by atoms with E-state index in [1.54, 1.807) is 13.8 Å². The minimum absolute atomic E-state index is 0.0720. The van der Waals surface area contributed by atoms with Crippen molar-refractivity contribution in [2.75, 3.05) is 19.6 Å². The first kappa shape index (κ1) is 39.5. The summed E-state index contributed by atoms with van der Waals surface area (Å²) in [6, 6.07) is -0.197. The molecular weight excluding hydrogens is 690 g/mol. The van der Waals surface area contributed by atoms with E-state index in [1.807, 2.05) is 0 Å². The van der Waals surface area contributed by atoms with E-state index in [1.165, 1.54) is 13.8 Å². The van der Waals surface area contributed by atoms with Crippen molar-refractivity contribution in [1.29, 1.82) is 0 Å². The topological polar surface area (TPSA) is 91.6 Å². The summed E-state index contributed by atoms with van der Waals surface area (Å²) in [7, 11) is 0. The number of carbonyl (C=O) groups is 2. The van der Waals surface area contributed by atoms with Crippen molar-refractivity contribution in [2.45, 2.75) is 84.2 Å². The molecule has 2 unspecified atom stereocenters. The highest BCUT2D eigenvalue weighted by molar-refractivity contribution is 5.82. The molecule has 0 bridgehead atoms. The third-order valence-electron chi connectivity index (χ3n) is 8.94. The molecule has 3 aromatic rings. The first-order chi connectivity index (χ1) is 23.7. The summed E-state index contributed by atoms with van der Waals surface area (Å²) in [6.07, 6.45) is -9.01. The molecule has 1 saturated heterocycles. The van der Waals surface area contributed by atoms with Crippen LogP contribution in [0.2, 0.25) is 0 Å². The molecule has 1 amide bonds. The number of carbonyl (C=O) groups excluding carboxylic acids is 1. The van der Waals surface area contributed by atoms with Crippen LogP contribution in [0.5, 0.6) is 0 Å². The van der Waals surface area contributed by atoms with Crippen LogP contribution >= 0.6 is 0 Å². The fourth-order valence-electron chi connectivity index (χ4n) is 6.45. The van der Waals surface area contributed by atoms with Gasteiger partial charge in [0.05, 0.1) is 23.6 Å². The Hall–Kier alpha value is -4.27. The molecule has 0 aliphatic carbocycles. The molecule has 15 heteroatoms. The highest BCUT2D eigenvalue weighted by atomic mass is 19.4. The van der Waals surface area contributed by atoms with E-state index in [2.05, 4.69) is 10.2 Å². The monoisotopic (exact) mass is 729 g/mol. The third-order valence-corrected chi connectivity index (χ3v) is 8.94. The van der Waals surface area contributed by atoms with Crippen molar-refractivity contribution in [3.63, 3.8) is 0 Å². The Balaban J connectivity index is 1.82. The van der Waals surface area contributed by atoms with Crippen LogP contribution in [-0.2, 0) is 28.4 Å². The number of aromatic nitrogens is 1. The number of halogens is 8. The normalized spacial score (nSPS) is 15.1. The van der Waals surface area contributed by atoms with Crippen molar-refractivity contribution < 1.29 is 49.8 Å². The number of aryl methyl sites for hydroxylation is 3. The quantitative estimate of drug-likeness (QED) is 0.174. The first-order valence-corrected chi connectivity index (χ1v) is 16.4. The van der Waals surface area contributed by atoms with Gasteiger partial charge in [0.1, 0.15) is 17.7 Å². The molecule has 1 aromatic heterocycles. The smallest absolute Gasteiger partial charge is 0.416 e. The number of carboxylic acid groups (broad SMARTS) is 1. The number of pyridine rings is 1. The molecule has 0 spiro atoms. The minimum atomic E-state index is -5.06. The number of rotatable bonds is 13. The van der Waals surface area contributed by atoms with E-state index >= 15 is 4.39 Å². The minimum Gasteiger partial charge on any atom is -0.481 e. The van der Waals surface area contributed by atoms with Gasteiger partial charge in [0.2, 0.25) is 5.91 Å². The first-order valence-electron chi connectivity index (χ1n) is 16.4. The zero-order valence-corrected chi connectivity index (χ0v) is 28.4. The number of nitrogens with one attached hydrogen (secondary N) is 1. The van der Waals surface area contributed by atoms with E-state index in [4.69, 9.17) is 0 Å². The fourth-order valence-corrected chi connectivity index (χ4v) is 6.45. The lowest BCUT2D eigenvalue weighted by Crippen LogP contribution is -2.41. The average molecular weight is 730 g/mol. The molecule has 2 atom stereocenters. The third kappa shape index (κ3) is 9.54. The van der Waals surface area contributed by atoms with Gasteiger partial charge in [-0.25, -0.2) is 8.78 Å². The number of hydrogen-bond donors (Lipinski definition) is 2. The van der Waals surface area contributed by atoms with Crippen molar-refractivity contribution >= 4 is 11.9 Å². The van der Waals surface area contributed by atoms with E-state index < -0.39 is 82.2 Å². The number of carboxylic acids is 1. The molecule has 278 valence electrons. The number of benzene rings is 2. The van der Waals surface area contributed by atoms with E-state index in [0.29, 0.717) is 31.2 Å². The standard InChI is InChI=1S/C36H39F8N3O4/c1-19(2)11-29(47-18-22(7-5-8-46-9-6-10-46)27(16-30(47)48)36(42,43)44)34(51)45-28(17-31(49)50)25-14-23(35(39,40)41)15-26(33(25)38)32-20(3)12-24(37)13-21(32)4/h12-16,18-19,28-29H,5-11,17H2,1-4H3,(H,45,51)(H,49,50). The molecule has 0 saturated carbocycles. The van der Waals surface area contributed by atoms with Gasteiger partial charge in [-0.15, -0.1) is 0 Å². The number of aliphatic carboxylic acids is 1. The van der Waals surface area contributed by atoms with E-state index in [9.17, 15) is 50.2 Å². The number of amides is 1. The summed E-state index contributed by atoms with van der Waals surface area (Å²) in [4.78, 5) is 41.2. The Morgan fingerprint density at radius 3 is 2.08 bits per heavy atom. The molecule has 1 fully saturated rings. The molecule has 0 radical (unpaired) electrons. The predicted octanol–water partition coefficient (Wildman–Crippen LogP) is 8.01. The largest absolute Gasteiger partial charge is 0.481 e. The van der Waals surface area contributed by atoms with E-state index in [0.717, 1.165) is 42.4 Å². The second-order valence-corrected chi connectivity index (χ2v) is 13.4. The van der Waals surface area contributed by atoms with E-state index in [-0.39, 0.29) is 41.0 Å². The molecule has 2 aromatic carbocycles. The Kier molecular flexibility index (Phi) is 12.0. The lowest BCUT2D eigenvalue weighted by atomic mass is 9.89. The van der Waals surface area contributed by atoms with Gasteiger partial charge in [0, 0.05) is 23.4 Å². The summed E-state index contributed by atoms with van der Waals surface area (Å²) in [6.45, 7) is 8.19. The second kappa shape index (κ2) is 15.5. The van der Waals surface area contributed by atoms with Crippen molar-refractivity contribution in [3.05, 3.63) is 91.9 Å². The second-order valence-electron chi connectivity index (χ2n) is 13.4. The van der Waals surface area contributed by atoms with Crippen molar-refractivity contribution in [1.82, 2.24) is 14.8 Å². The van der Waals surface area contributed by atoms with Crippen molar-refractivity contribution in [2.24, 2.45) is 5.92 Å². The molecule has 51 heavy (non-hydrogen) atoms. The lowest BCUT2D eigenvalue weighted by molar-refractivity contribution is -0.139. The SMILES string of the molecule is Cc1cc(F)cc(C)c1-c1cc(C(F)(F)F)cc(C(CC(=O)O)NC(=O)C(CC(C)C)n2cc(CCCN3CCC3)c(C(F)(F)F)cc2=O)c1F. The maximum absolute atomic E-state index is 16.4. The molecular formula is C36H39F8N3O4. The number of likely N-dealkylation sites (tertiary alicyclic amines) is 1. The fraction of sp³-hybridized carbons (Fsp3) is 0.472. The molecule has 2 heterocycles. The molecule has 4 rings (SSSR count). The zero-order valence-electron chi connectivity index (χ0n) is 28.4. The number of hydrogen-bond acceptors (Lipinski definition) is 4. The number of nitrogens with zero attached hydrogens (tertiary/aromatic N) is 2. The lowest BCUT2D eigenvalue weighted by Gasteiger charge is -2.30. The number of alkyl halides is 6. The van der Waals surface area contributed by atoms with Crippen LogP contribution in [0.15, 0.2) is 41.3 Å². The van der Waals surface area contributed by atoms with Crippen LogP contribution in [0.25, 0.3) is 11.1 Å². The van der Waals surface area contributed by atoms with Crippen LogP contribution in [0.4, 0.5) is 35.1 Å². The van der Waals surface area contributed by atoms with Gasteiger partial charge in [-0.1, -0.05) is 13.8 Å². The van der Waals surface area contributed by atoms with Crippen molar-refractivity contribution in [3.8, 4) is 11.1 Å². The Labute approximate surface area is 289 Å². The molecule has 1 aliphatic rings. The van der Waals surface area contributed by atoms with Gasteiger partial charge in [0.15, 0.2) is 0 Å². The van der Waals surface area contributed by atoms with Crippen LogP contribution in [0.3, 0.4) is 0 Å². The van der Waals surface area contributed by atoms with Gasteiger partial charge < -0.3 is 19.9 Å². The Bertz CT molecular complexity index is 1810. The summed E-state index contributed by atoms with van der Waals surface area (Å²) >= 11 is 0. The Morgan fingerprint density at radius 2 is 1.57 bits per heavy atom. The summed E-state index contributed by atoms with van der Waals surface area (Å²) in [5.41, 5.74) is -5.30. The Morgan fingerprint density at radius 1 is 0.941 bits per heavy atom. The van der Waals surface area contributed by atoms with Gasteiger partial charge in [-0.3, -0.25) is 14.4 Å². The highest BCUT2D eigenvalue weighted by Crippen LogP contribution is 2.40. The van der Waals surface area contributed by atoms with Gasteiger partial charge >= 0.3 is 18.3 Å². The van der Waals surface area contributed by atoms with Gasteiger partial charge in [0.25, 0.3) is 5.56 Å². The van der Waals surface area contributed by atoms with Gasteiger partial charge in [-0.05, 0) is 112 Å².